The van der Waals surface area contributed by atoms with Gasteiger partial charge in [-0.2, -0.15) is 4.39 Å². The van der Waals surface area contributed by atoms with Crippen LogP contribution in [0.5, 0.6) is 5.75 Å². The number of hydrogen-bond donors (Lipinski definition) is 2. The largest absolute Gasteiger partial charge is 0.495 e. The summed E-state index contributed by atoms with van der Waals surface area (Å²) in [6.45, 7) is 0. The molecule has 0 saturated heterocycles. The summed E-state index contributed by atoms with van der Waals surface area (Å²) in [5.41, 5.74) is 7.26. The summed E-state index contributed by atoms with van der Waals surface area (Å²) in [5.74, 6) is 0.852. The zero-order valence-corrected chi connectivity index (χ0v) is 13.9. The van der Waals surface area contributed by atoms with Crippen molar-refractivity contribution in [2.45, 2.75) is 0 Å². The highest BCUT2D eigenvalue weighted by Crippen LogP contribution is 2.39. The number of nitrogens with zero attached hydrogens (tertiary/aromatic N) is 1. The fraction of sp³-hybridized carbons (Fsp3) is 0.0500. The van der Waals surface area contributed by atoms with E-state index in [1.807, 2.05) is 54.6 Å². The molecule has 0 aliphatic heterocycles. The molecule has 25 heavy (non-hydrogen) atoms. The van der Waals surface area contributed by atoms with Gasteiger partial charge < -0.3 is 15.4 Å². The Hall–Kier alpha value is -3.34. The van der Waals surface area contributed by atoms with Gasteiger partial charge in [0, 0.05) is 11.4 Å². The summed E-state index contributed by atoms with van der Waals surface area (Å²) in [7, 11) is 1.70. The summed E-state index contributed by atoms with van der Waals surface area (Å²) >= 11 is 0. The van der Waals surface area contributed by atoms with Gasteiger partial charge in [-0.15, -0.1) is 0 Å². The fourth-order valence-electron chi connectivity index (χ4n) is 2.40. The molecule has 0 saturated carbocycles. The second kappa shape index (κ2) is 9.08. The molecular formula is C20H20FN3O. The van der Waals surface area contributed by atoms with E-state index in [1.54, 1.807) is 7.11 Å². The topological polar surface area (TPSA) is 62.3 Å². The molecule has 0 bridgehead atoms. The second-order valence-corrected chi connectivity index (χ2v) is 5.03. The molecule has 3 aromatic carbocycles. The molecule has 0 radical (unpaired) electrons. The lowest BCUT2D eigenvalue weighted by atomic mass is 10.2. The van der Waals surface area contributed by atoms with Crippen molar-refractivity contribution in [1.82, 2.24) is 0 Å². The summed E-state index contributed by atoms with van der Waals surface area (Å²) in [5, 5.41) is 5.61. The molecule has 0 atom stereocenters. The maximum Gasteiger partial charge on any atom is 0.272 e. The van der Waals surface area contributed by atoms with Crippen LogP contribution in [-0.4, -0.2) is 13.2 Å². The average Bonchev–Trinajstić information content (AvgIpc) is 2.64. The van der Waals surface area contributed by atoms with Gasteiger partial charge in [0.1, 0.15) is 5.75 Å². The molecule has 0 spiro atoms. The first kappa shape index (κ1) is 18.0. The van der Waals surface area contributed by atoms with Crippen LogP contribution in [-0.2, 0) is 0 Å². The van der Waals surface area contributed by atoms with Crippen molar-refractivity contribution >= 4 is 23.2 Å². The number of benzene rings is 3. The summed E-state index contributed by atoms with van der Waals surface area (Å²) in [6.07, 6.45) is -1.33. The number of anilines is 3. The minimum Gasteiger partial charge on any atom is -0.495 e. The molecule has 4 nitrogen and oxygen atoms in total. The number of rotatable bonds is 4. The van der Waals surface area contributed by atoms with Crippen LogP contribution in [0, 0.1) is 5.41 Å². The Bertz CT molecular complexity index is 751. The van der Waals surface area contributed by atoms with Gasteiger partial charge in [-0.25, -0.2) is 0 Å². The Kier molecular flexibility index (Phi) is 6.54. The Morgan fingerprint density at radius 2 is 1.24 bits per heavy atom. The molecule has 0 aliphatic rings. The molecule has 0 aromatic heterocycles. The third-order valence-corrected chi connectivity index (χ3v) is 3.35. The zero-order chi connectivity index (χ0) is 18.1. The lowest BCUT2D eigenvalue weighted by Gasteiger charge is -2.26. The predicted octanol–water partition coefficient (Wildman–Crippen LogP) is 5.01. The lowest BCUT2D eigenvalue weighted by molar-refractivity contribution is 0.416. The smallest absolute Gasteiger partial charge is 0.272 e. The molecule has 0 heterocycles. The van der Waals surface area contributed by atoms with Gasteiger partial charge in [0.25, 0.3) is 6.09 Å². The number of halogens is 1. The molecule has 3 N–H and O–H groups in total. The highest BCUT2D eigenvalue weighted by atomic mass is 19.1. The van der Waals surface area contributed by atoms with Crippen molar-refractivity contribution in [3.05, 3.63) is 84.9 Å². The molecule has 0 fully saturated rings. The third kappa shape index (κ3) is 5.07. The van der Waals surface area contributed by atoms with Crippen LogP contribution < -0.4 is 15.4 Å². The van der Waals surface area contributed by atoms with Crippen LogP contribution in [0.25, 0.3) is 0 Å². The zero-order valence-electron chi connectivity index (χ0n) is 13.9. The van der Waals surface area contributed by atoms with Crippen molar-refractivity contribution < 1.29 is 9.13 Å². The van der Waals surface area contributed by atoms with Crippen LogP contribution >= 0.6 is 0 Å². The van der Waals surface area contributed by atoms with Gasteiger partial charge in [-0.05, 0) is 36.4 Å². The van der Waals surface area contributed by atoms with Crippen LogP contribution in [0.1, 0.15) is 0 Å². The first-order valence-electron chi connectivity index (χ1n) is 7.66. The SMILES string of the molecule is COc1ccccc1N(c1ccccc1)c1ccccc1.N=C(N)F. The predicted molar refractivity (Wildman–Crippen MR) is 101 cm³/mol. The first-order chi connectivity index (χ1) is 12.1. The van der Waals surface area contributed by atoms with Gasteiger partial charge in [-0.1, -0.05) is 48.5 Å². The minimum atomic E-state index is -1.33. The van der Waals surface area contributed by atoms with E-state index in [9.17, 15) is 4.39 Å². The minimum absolute atomic E-state index is 0.852. The van der Waals surface area contributed by atoms with Gasteiger partial charge >= 0.3 is 0 Å². The van der Waals surface area contributed by atoms with E-state index >= 15 is 0 Å². The first-order valence-corrected chi connectivity index (χ1v) is 7.66. The number of nitrogens with one attached hydrogen (secondary N) is 1. The van der Waals surface area contributed by atoms with Gasteiger partial charge in [0.05, 0.1) is 12.8 Å². The van der Waals surface area contributed by atoms with E-state index in [4.69, 9.17) is 10.1 Å². The number of methoxy groups -OCH3 is 1. The molecule has 0 aliphatic carbocycles. The highest BCUT2D eigenvalue weighted by Gasteiger charge is 2.15. The Balaban J connectivity index is 0.000000511. The quantitative estimate of drug-likeness (QED) is 0.399. The second-order valence-electron chi connectivity index (χ2n) is 5.03. The Morgan fingerprint density at radius 3 is 1.68 bits per heavy atom. The molecular weight excluding hydrogens is 317 g/mol. The number of hydrogen-bond acceptors (Lipinski definition) is 3. The third-order valence-electron chi connectivity index (χ3n) is 3.35. The van der Waals surface area contributed by atoms with Crippen molar-refractivity contribution in [3.63, 3.8) is 0 Å². The Labute approximate surface area is 146 Å². The summed E-state index contributed by atoms with van der Waals surface area (Å²) < 4.78 is 15.9. The number of para-hydroxylation sites is 4. The van der Waals surface area contributed by atoms with E-state index in [0.717, 1.165) is 22.8 Å². The van der Waals surface area contributed by atoms with Crippen LogP contribution in [0.4, 0.5) is 21.5 Å². The molecule has 3 rings (SSSR count). The standard InChI is InChI=1S/C19H17NO.CH3FN2/c1-21-19-15-9-8-14-18(19)20(16-10-4-2-5-11-16)17-12-6-3-7-13-17;2-1(3)4/h2-15H,1H3;(H3,3,4). The average molecular weight is 337 g/mol. The van der Waals surface area contributed by atoms with E-state index in [-0.39, 0.29) is 0 Å². The van der Waals surface area contributed by atoms with E-state index in [1.165, 1.54) is 0 Å². The van der Waals surface area contributed by atoms with E-state index in [0.29, 0.717) is 0 Å². The summed E-state index contributed by atoms with van der Waals surface area (Å²) in [6, 6.07) is 28.7. The number of nitrogens with two attached hydrogens (primary N) is 1. The molecule has 128 valence electrons. The normalized spacial score (nSPS) is 9.52. The molecule has 0 amide bonds. The maximum absolute atomic E-state index is 10.4. The summed E-state index contributed by atoms with van der Waals surface area (Å²) in [4.78, 5) is 2.19. The molecule has 5 heteroatoms. The van der Waals surface area contributed by atoms with Crippen molar-refractivity contribution in [2.24, 2.45) is 5.73 Å². The van der Waals surface area contributed by atoms with Crippen molar-refractivity contribution in [2.75, 3.05) is 12.0 Å². The van der Waals surface area contributed by atoms with Crippen molar-refractivity contribution in [3.8, 4) is 5.75 Å². The fourth-order valence-corrected chi connectivity index (χ4v) is 2.40. The van der Waals surface area contributed by atoms with Gasteiger partial charge in [0.2, 0.25) is 0 Å². The monoisotopic (exact) mass is 337 g/mol. The lowest BCUT2D eigenvalue weighted by Crippen LogP contribution is -2.10. The van der Waals surface area contributed by atoms with Gasteiger partial charge in [-0.3, -0.25) is 5.41 Å². The van der Waals surface area contributed by atoms with Crippen LogP contribution in [0.3, 0.4) is 0 Å². The van der Waals surface area contributed by atoms with Crippen molar-refractivity contribution in [1.29, 1.82) is 5.41 Å². The number of amidine groups is 1. The maximum atomic E-state index is 10.4. The van der Waals surface area contributed by atoms with Crippen LogP contribution in [0.2, 0.25) is 0 Å². The number of ether oxygens (including phenoxy) is 1. The molecule has 0 unspecified atom stereocenters. The van der Waals surface area contributed by atoms with Crippen LogP contribution in [0.15, 0.2) is 84.9 Å². The highest BCUT2D eigenvalue weighted by molar-refractivity contribution is 5.79. The van der Waals surface area contributed by atoms with Gasteiger partial charge in [0.15, 0.2) is 0 Å². The van der Waals surface area contributed by atoms with E-state index < -0.39 is 6.09 Å². The van der Waals surface area contributed by atoms with E-state index in [2.05, 4.69) is 41.0 Å². The Morgan fingerprint density at radius 1 is 0.840 bits per heavy atom. The molecule has 3 aromatic rings.